The van der Waals surface area contributed by atoms with Crippen LogP contribution in [0, 0.1) is 17.5 Å². The molecule has 1 heterocycles. The SMILES string of the molecule is O=C(NCCc1ccccc1F)[C@@H]1C[C@H](NCc2ccc(F)c(F)c2)CN1C1Cc2ccccc2C1. The van der Waals surface area contributed by atoms with Crippen LogP contribution >= 0.6 is 0 Å². The van der Waals surface area contributed by atoms with Gasteiger partial charge in [-0.2, -0.15) is 0 Å². The lowest BCUT2D eigenvalue weighted by atomic mass is 10.1. The van der Waals surface area contributed by atoms with E-state index in [0.29, 0.717) is 43.6 Å². The minimum atomic E-state index is -0.863. The standard InChI is InChI=1S/C29H30F3N3O/c30-25-8-4-3-5-20(25)11-12-33-29(36)28-16-23(34-17-19-9-10-26(31)27(32)13-19)18-35(28)24-14-21-6-1-2-7-22(21)15-24/h1-10,13,23-24,28,34H,11-12,14-18H2,(H,33,36)/t23-,28-/m0/s1. The van der Waals surface area contributed by atoms with Crippen molar-refractivity contribution in [1.29, 1.82) is 0 Å². The van der Waals surface area contributed by atoms with Crippen molar-refractivity contribution in [3.8, 4) is 0 Å². The number of carbonyl (C=O) groups is 1. The molecule has 1 aliphatic heterocycles. The Morgan fingerprint density at radius 1 is 0.889 bits per heavy atom. The van der Waals surface area contributed by atoms with Crippen LogP contribution in [-0.4, -0.2) is 42.0 Å². The molecule has 1 amide bonds. The van der Waals surface area contributed by atoms with Crippen molar-refractivity contribution in [1.82, 2.24) is 15.5 Å². The number of likely N-dealkylation sites (tertiary alicyclic amines) is 1. The van der Waals surface area contributed by atoms with Gasteiger partial charge in [-0.1, -0.05) is 48.5 Å². The lowest BCUT2D eigenvalue weighted by Crippen LogP contribution is -2.48. The lowest BCUT2D eigenvalue weighted by molar-refractivity contribution is -0.126. The molecule has 1 fully saturated rings. The fraction of sp³-hybridized carbons (Fsp3) is 0.345. The Morgan fingerprint density at radius 3 is 2.33 bits per heavy atom. The second-order valence-electron chi connectivity index (χ2n) is 9.74. The highest BCUT2D eigenvalue weighted by molar-refractivity contribution is 5.82. The van der Waals surface area contributed by atoms with Gasteiger partial charge in [-0.3, -0.25) is 9.69 Å². The van der Waals surface area contributed by atoms with E-state index >= 15 is 0 Å². The maximum absolute atomic E-state index is 14.0. The molecule has 0 radical (unpaired) electrons. The van der Waals surface area contributed by atoms with Crippen LogP contribution in [0.1, 0.15) is 28.7 Å². The van der Waals surface area contributed by atoms with Crippen molar-refractivity contribution in [2.45, 2.75) is 50.4 Å². The second-order valence-corrected chi connectivity index (χ2v) is 9.74. The zero-order valence-corrected chi connectivity index (χ0v) is 20.0. The van der Waals surface area contributed by atoms with E-state index < -0.39 is 11.6 Å². The molecular formula is C29H30F3N3O. The molecule has 0 saturated carbocycles. The van der Waals surface area contributed by atoms with Crippen LogP contribution in [0.2, 0.25) is 0 Å². The average Bonchev–Trinajstić information content (AvgIpc) is 3.50. The Balaban J connectivity index is 1.24. The van der Waals surface area contributed by atoms with Gasteiger partial charge in [0.25, 0.3) is 0 Å². The molecule has 7 heteroatoms. The number of hydrogen-bond acceptors (Lipinski definition) is 3. The van der Waals surface area contributed by atoms with E-state index in [1.54, 1.807) is 24.3 Å². The normalized spacial score (nSPS) is 20.0. The number of nitrogens with one attached hydrogen (secondary N) is 2. The van der Waals surface area contributed by atoms with Gasteiger partial charge in [0.15, 0.2) is 11.6 Å². The lowest BCUT2D eigenvalue weighted by Gasteiger charge is -2.29. The van der Waals surface area contributed by atoms with Crippen LogP contribution in [0.25, 0.3) is 0 Å². The third kappa shape index (κ3) is 5.47. The summed E-state index contributed by atoms with van der Waals surface area (Å²) in [5.74, 6) is -2.05. The molecule has 2 N–H and O–H groups in total. The second kappa shape index (κ2) is 10.8. The third-order valence-electron chi connectivity index (χ3n) is 7.37. The first-order chi connectivity index (χ1) is 17.5. The fourth-order valence-corrected chi connectivity index (χ4v) is 5.49. The number of fused-ring (bicyclic) bond motifs is 1. The number of nitrogens with zero attached hydrogens (tertiary/aromatic N) is 1. The monoisotopic (exact) mass is 493 g/mol. The maximum atomic E-state index is 14.0. The molecule has 0 spiro atoms. The van der Waals surface area contributed by atoms with Gasteiger partial charge in [-0.05, 0) is 66.1 Å². The molecule has 5 rings (SSSR count). The summed E-state index contributed by atoms with van der Waals surface area (Å²) in [5, 5.41) is 6.45. The maximum Gasteiger partial charge on any atom is 0.237 e. The van der Waals surface area contributed by atoms with Crippen molar-refractivity contribution < 1.29 is 18.0 Å². The zero-order chi connectivity index (χ0) is 25.1. The summed E-state index contributed by atoms with van der Waals surface area (Å²) in [6, 6.07) is 18.8. The number of halogens is 3. The van der Waals surface area contributed by atoms with Crippen molar-refractivity contribution in [2.24, 2.45) is 0 Å². The Bertz CT molecular complexity index is 1210. The quantitative estimate of drug-likeness (QED) is 0.495. The third-order valence-corrected chi connectivity index (χ3v) is 7.37. The molecule has 1 saturated heterocycles. The molecular weight excluding hydrogens is 463 g/mol. The van der Waals surface area contributed by atoms with Gasteiger partial charge < -0.3 is 10.6 Å². The first-order valence-electron chi connectivity index (χ1n) is 12.5. The van der Waals surface area contributed by atoms with Gasteiger partial charge in [0, 0.05) is 31.7 Å². The Kier molecular flexibility index (Phi) is 7.39. The first-order valence-corrected chi connectivity index (χ1v) is 12.5. The van der Waals surface area contributed by atoms with Crippen molar-refractivity contribution >= 4 is 5.91 Å². The van der Waals surface area contributed by atoms with Gasteiger partial charge in [0.1, 0.15) is 5.82 Å². The Morgan fingerprint density at radius 2 is 1.61 bits per heavy atom. The average molecular weight is 494 g/mol. The van der Waals surface area contributed by atoms with Gasteiger partial charge in [0.2, 0.25) is 5.91 Å². The van der Waals surface area contributed by atoms with Crippen LogP contribution in [0.3, 0.4) is 0 Å². The number of amides is 1. The van der Waals surface area contributed by atoms with E-state index in [9.17, 15) is 18.0 Å². The first kappa shape index (κ1) is 24.5. The minimum absolute atomic E-state index is 0.0316. The summed E-state index contributed by atoms with van der Waals surface area (Å²) < 4.78 is 40.9. The molecule has 0 aromatic heterocycles. The number of rotatable bonds is 8. The summed E-state index contributed by atoms with van der Waals surface area (Å²) in [5.41, 5.74) is 3.88. The van der Waals surface area contributed by atoms with E-state index in [-0.39, 0.29) is 29.8 Å². The van der Waals surface area contributed by atoms with Crippen molar-refractivity contribution in [2.75, 3.05) is 13.1 Å². The van der Waals surface area contributed by atoms with E-state index in [0.717, 1.165) is 18.9 Å². The summed E-state index contributed by atoms with van der Waals surface area (Å²) in [6.07, 6.45) is 2.83. The molecule has 0 unspecified atom stereocenters. The van der Waals surface area contributed by atoms with E-state index in [2.05, 4.69) is 27.7 Å². The number of hydrogen-bond donors (Lipinski definition) is 2. The summed E-state index contributed by atoms with van der Waals surface area (Å²) in [6.45, 7) is 1.44. The molecule has 3 aromatic rings. The molecule has 0 bridgehead atoms. The molecule has 36 heavy (non-hydrogen) atoms. The van der Waals surface area contributed by atoms with Crippen LogP contribution in [-0.2, 0) is 30.6 Å². The van der Waals surface area contributed by atoms with Crippen LogP contribution in [0.15, 0.2) is 66.7 Å². The van der Waals surface area contributed by atoms with Gasteiger partial charge in [-0.15, -0.1) is 0 Å². The summed E-state index contributed by atoms with van der Waals surface area (Å²) >= 11 is 0. The molecule has 1 aliphatic carbocycles. The molecule has 188 valence electrons. The summed E-state index contributed by atoms with van der Waals surface area (Å²) in [4.78, 5) is 15.6. The molecule has 4 nitrogen and oxygen atoms in total. The van der Waals surface area contributed by atoms with Crippen molar-refractivity contribution in [3.63, 3.8) is 0 Å². The highest BCUT2D eigenvalue weighted by Gasteiger charge is 2.41. The number of benzene rings is 3. The Labute approximate surface area is 209 Å². The predicted molar refractivity (Wildman–Crippen MR) is 133 cm³/mol. The summed E-state index contributed by atoms with van der Waals surface area (Å²) in [7, 11) is 0. The highest BCUT2D eigenvalue weighted by Crippen LogP contribution is 2.31. The van der Waals surface area contributed by atoms with Crippen molar-refractivity contribution in [3.05, 3.63) is 106 Å². The highest BCUT2D eigenvalue weighted by atomic mass is 19.2. The van der Waals surface area contributed by atoms with Gasteiger partial charge in [-0.25, -0.2) is 13.2 Å². The van der Waals surface area contributed by atoms with Gasteiger partial charge >= 0.3 is 0 Å². The smallest absolute Gasteiger partial charge is 0.237 e. The topological polar surface area (TPSA) is 44.4 Å². The van der Waals surface area contributed by atoms with Crippen LogP contribution < -0.4 is 10.6 Å². The van der Waals surface area contributed by atoms with Gasteiger partial charge in [0.05, 0.1) is 6.04 Å². The van der Waals surface area contributed by atoms with E-state index in [1.165, 1.54) is 23.3 Å². The van der Waals surface area contributed by atoms with Crippen LogP contribution in [0.4, 0.5) is 13.2 Å². The predicted octanol–water partition coefficient (Wildman–Crippen LogP) is 4.16. The van der Waals surface area contributed by atoms with Crippen LogP contribution in [0.5, 0.6) is 0 Å². The largest absolute Gasteiger partial charge is 0.354 e. The molecule has 2 aliphatic rings. The van der Waals surface area contributed by atoms with E-state index in [1.807, 2.05) is 12.1 Å². The zero-order valence-electron chi connectivity index (χ0n) is 20.0. The molecule has 3 aromatic carbocycles. The molecule has 2 atom stereocenters. The van der Waals surface area contributed by atoms with E-state index in [4.69, 9.17) is 0 Å². The Hall–Kier alpha value is -3.16. The fourth-order valence-electron chi connectivity index (χ4n) is 5.49. The minimum Gasteiger partial charge on any atom is -0.354 e. The number of carbonyl (C=O) groups excluding carboxylic acids is 1.